The van der Waals surface area contributed by atoms with Crippen molar-refractivity contribution in [1.82, 2.24) is 4.98 Å². The average molecular weight is 382 g/mol. The van der Waals surface area contributed by atoms with E-state index < -0.39 is 15.6 Å². The smallest absolute Gasteiger partial charge is 0.263 e. The van der Waals surface area contributed by atoms with Gasteiger partial charge in [-0.05, 0) is 31.0 Å². The first-order valence-electron chi connectivity index (χ1n) is 7.60. The van der Waals surface area contributed by atoms with Gasteiger partial charge in [-0.2, -0.15) is 0 Å². The second-order valence-corrected chi connectivity index (χ2v) is 8.27. The molecule has 134 valence electrons. The fourth-order valence-corrected chi connectivity index (χ4v) is 4.24. The van der Waals surface area contributed by atoms with Gasteiger partial charge in [0.25, 0.3) is 10.0 Å². The standard InChI is InChI=1S/C15H18N4O4S2/c16-15(4-7-23-8-5-15)13(20)18-11-2-1-3-12(10-11)25(21,22)19-14-17-6-9-24-14/h1-3,6,9-10H,4-5,7-8,16H2,(H,17,19)(H,18,20). The van der Waals surface area contributed by atoms with Crippen LogP contribution in [0.25, 0.3) is 0 Å². The highest BCUT2D eigenvalue weighted by Crippen LogP contribution is 2.23. The molecule has 1 aromatic heterocycles. The Morgan fingerprint density at radius 1 is 1.32 bits per heavy atom. The highest BCUT2D eigenvalue weighted by molar-refractivity contribution is 7.93. The van der Waals surface area contributed by atoms with Gasteiger partial charge in [0, 0.05) is 30.5 Å². The molecule has 10 heteroatoms. The summed E-state index contributed by atoms with van der Waals surface area (Å²) in [7, 11) is -3.79. The van der Waals surface area contributed by atoms with Gasteiger partial charge in [-0.15, -0.1) is 11.3 Å². The molecule has 0 bridgehead atoms. The number of amides is 1. The van der Waals surface area contributed by atoms with E-state index in [1.54, 1.807) is 17.5 Å². The number of nitrogens with zero attached hydrogens (tertiary/aromatic N) is 1. The van der Waals surface area contributed by atoms with Crippen molar-refractivity contribution in [3.63, 3.8) is 0 Å². The summed E-state index contributed by atoms with van der Waals surface area (Å²) in [6.45, 7) is 0.853. The topological polar surface area (TPSA) is 123 Å². The van der Waals surface area contributed by atoms with Gasteiger partial charge in [0.15, 0.2) is 5.13 Å². The third-order valence-electron chi connectivity index (χ3n) is 3.89. The van der Waals surface area contributed by atoms with Crippen molar-refractivity contribution in [1.29, 1.82) is 0 Å². The normalized spacial score (nSPS) is 17.0. The zero-order valence-corrected chi connectivity index (χ0v) is 14.9. The van der Waals surface area contributed by atoms with Gasteiger partial charge in [0.05, 0.1) is 4.90 Å². The Morgan fingerprint density at radius 2 is 2.08 bits per heavy atom. The van der Waals surface area contributed by atoms with Crippen molar-refractivity contribution in [2.75, 3.05) is 23.3 Å². The van der Waals surface area contributed by atoms with Crippen LogP contribution in [0.1, 0.15) is 12.8 Å². The van der Waals surface area contributed by atoms with Crippen molar-refractivity contribution in [3.05, 3.63) is 35.8 Å². The summed E-state index contributed by atoms with van der Waals surface area (Å²) in [6, 6.07) is 6.00. The number of ether oxygens (including phenoxy) is 1. The lowest BCUT2D eigenvalue weighted by molar-refractivity contribution is -0.124. The van der Waals surface area contributed by atoms with Crippen LogP contribution < -0.4 is 15.8 Å². The summed E-state index contributed by atoms with van der Waals surface area (Å²) >= 11 is 1.18. The molecular weight excluding hydrogens is 364 g/mol. The maximum Gasteiger partial charge on any atom is 0.263 e. The minimum absolute atomic E-state index is 0.0264. The van der Waals surface area contributed by atoms with Crippen molar-refractivity contribution in [2.45, 2.75) is 23.3 Å². The zero-order valence-electron chi connectivity index (χ0n) is 13.3. The Bertz CT molecular complexity index is 846. The lowest BCUT2D eigenvalue weighted by Crippen LogP contribution is -2.54. The number of hydrogen-bond acceptors (Lipinski definition) is 7. The van der Waals surface area contributed by atoms with E-state index in [1.165, 1.54) is 29.7 Å². The number of thiazole rings is 1. The lowest BCUT2D eigenvalue weighted by Gasteiger charge is -2.31. The Hall–Kier alpha value is -2.01. The maximum absolute atomic E-state index is 12.4. The van der Waals surface area contributed by atoms with Crippen molar-refractivity contribution in [3.8, 4) is 0 Å². The van der Waals surface area contributed by atoms with E-state index in [0.29, 0.717) is 31.7 Å². The molecule has 25 heavy (non-hydrogen) atoms. The van der Waals surface area contributed by atoms with Crippen LogP contribution in [0.2, 0.25) is 0 Å². The van der Waals surface area contributed by atoms with E-state index >= 15 is 0 Å². The van der Waals surface area contributed by atoms with Crippen LogP contribution in [0, 0.1) is 0 Å². The minimum atomic E-state index is -3.79. The fraction of sp³-hybridized carbons (Fsp3) is 0.333. The summed E-state index contributed by atoms with van der Waals surface area (Å²) in [5.74, 6) is -0.349. The molecule has 0 saturated carbocycles. The zero-order chi connectivity index (χ0) is 17.9. The van der Waals surface area contributed by atoms with Crippen molar-refractivity contribution in [2.24, 2.45) is 5.73 Å². The molecule has 1 aliphatic heterocycles. The first-order valence-corrected chi connectivity index (χ1v) is 9.96. The first kappa shape index (κ1) is 17.8. The number of anilines is 2. The SMILES string of the molecule is NC1(C(=O)Nc2cccc(S(=O)(=O)Nc3nccs3)c2)CCOCC1. The molecule has 1 aromatic carbocycles. The first-order chi connectivity index (χ1) is 11.9. The Morgan fingerprint density at radius 3 is 2.76 bits per heavy atom. The van der Waals surface area contributed by atoms with Crippen LogP contribution in [-0.4, -0.2) is 38.1 Å². The van der Waals surface area contributed by atoms with Crippen LogP contribution in [0.3, 0.4) is 0 Å². The van der Waals surface area contributed by atoms with E-state index in [9.17, 15) is 13.2 Å². The molecule has 0 radical (unpaired) electrons. The third kappa shape index (κ3) is 4.15. The molecule has 1 saturated heterocycles. The summed E-state index contributed by atoms with van der Waals surface area (Å²) in [6.07, 6.45) is 2.35. The molecule has 1 amide bonds. The molecule has 0 aliphatic carbocycles. The molecular formula is C15H18N4O4S2. The third-order valence-corrected chi connectivity index (χ3v) is 6.05. The van der Waals surface area contributed by atoms with E-state index in [0.717, 1.165) is 0 Å². The molecule has 0 atom stereocenters. The lowest BCUT2D eigenvalue weighted by atomic mass is 9.90. The number of nitrogens with one attached hydrogen (secondary N) is 2. The Kier molecular flexibility index (Phi) is 5.04. The Balaban J connectivity index is 1.76. The fourth-order valence-electron chi connectivity index (χ4n) is 2.41. The number of sulfonamides is 1. The molecule has 1 aliphatic rings. The van der Waals surface area contributed by atoms with Crippen molar-refractivity contribution >= 4 is 38.1 Å². The summed E-state index contributed by atoms with van der Waals surface area (Å²) in [5, 5.41) is 4.64. The molecule has 2 heterocycles. The van der Waals surface area contributed by atoms with Crippen LogP contribution in [0.4, 0.5) is 10.8 Å². The monoisotopic (exact) mass is 382 g/mol. The summed E-state index contributed by atoms with van der Waals surface area (Å²) in [4.78, 5) is 16.4. The number of aromatic nitrogens is 1. The predicted molar refractivity (Wildman–Crippen MR) is 95.0 cm³/mol. The molecule has 0 spiro atoms. The van der Waals surface area contributed by atoms with Gasteiger partial charge in [0.1, 0.15) is 5.54 Å². The number of hydrogen-bond donors (Lipinski definition) is 3. The second kappa shape index (κ2) is 7.08. The van der Waals surface area contributed by atoms with Gasteiger partial charge in [-0.1, -0.05) is 6.07 Å². The van der Waals surface area contributed by atoms with Crippen LogP contribution >= 0.6 is 11.3 Å². The Labute approximate surface area is 149 Å². The largest absolute Gasteiger partial charge is 0.381 e. The average Bonchev–Trinajstić information content (AvgIpc) is 3.08. The highest BCUT2D eigenvalue weighted by Gasteiger charge is 2.36. The van der Waals surface area contributed by atoms with E-state index in [2.05, 4.69) is 15.0 Å². The number of nitrogens with two attached hydrogens (primary N) is 1. The molecule has 4 N–H and O–H groups in total. The molecule has 1 fully saturated rings. The van der Waals surface area contributed by atoms with E-state index in [-0.39, 0.29) is 15.9 Å². The molecule has 3 rings (SSSR count). The molecule has 2 aromatic rings. The van der Waals surface area contributed by atoms with E-state index in [1.807, 2.05) is 0 Å². The van der Waals surface area contributed by atoms with Gasteiger partial charge in [0.2, 0.25) is 5.91 Å². The quantitative estimate of drug-likeness (QED) is 0.718. The highest BCUT2D eigenvalue weighted by atomic mass is 32.2. The van der Waals surface area contributed by atoms with E-state index in [4.69, 9.17) is 10.5 Å². The van der Waals surface area contributed by atoms with Crippen LogP contribution in [-0.2, 0) is 19.6 Å². The van der Waals surface area contributed by atoms with Crippen LogP contribution in [0.5, 0.6) is 0 Å². The summed E-state index contributed by atoms with van der Waals surface area (Å²) in [5.41, 5.74) is 5.49. The molecule has 0 unspecified atom stereocenters. The molecule has 8 nitrogen and oxygen atoms in total. The van der Waals surface area contributed by atoms with Gasteiger partial charge in [-0.25, -0.2) is 13.4 Å². The number of carbonyl (C=O) groups excluding carboxylic acids is 1. The van der Waals surface area contributed by atoms with Gasteiger partial charge in [-0.3, -0.25) is 9.52 Å². The number of carbonyl (C=O) groups is 1. The number of rotatable bonds is 5. The predicted octanol–water partition coefficient (Wildman–Crippen LogP) is 1.39. The van der Waals surface area contributed by atoms with Crippen LogP contribution in [0.15, 0.2) is 40.7 Å². The second-order valence-electron chi connectivity index (χ2n) is 5.69. The van der Waals surface area contributed by atoms with Crippen molar-refractivity contribution < 1.29 is 17.9 Å². The minimum Gasteiger partial charge on any atom is -0.381 e. The van der Waals surface area contributed by atoms with Gasteiger partial charge < -0.3 is 15.8 Å². The van der Waals surface area contributed by atoms with Gasteiger partial charge >= 0.3 is 0 Å². The summed E-state index contributed by atoms with van der Waals surface area (Å²) < 4.78 is 32.4. The number of benzene rings is 1. The maximum atomic E-state index is 12.4.